The Balaban J connectivity index is 2.09. The molecule has 1 aromatic carbocycles. The van der Waals surface area contributed by atoms with E-state index in [0.29, 0.717) is 5.56 Å². The third kappa shape index (κ3) is 3.44. The van der Waals surface area contributed by atoms with Gasteiger partial charge in [0, 0.05) is 6.54 Å². The van der Waals surface area contributed by atoms with Gasteiger partial charge in [0.25, 0.3) is 5.91 Å². The summed E-state index contributed by atoms with van der Waals surface area (Å²) in [5, 5.41) is 18.6. The molecule has 20 heavy (non-hydrogen) atoms. The number of benzene rings is 1. The van der Waals surface area contributed by atoms with Crippen LogP contribution in [0.15, 0.2) is 30.3 Å². The Bertz CT molecular complexity index is 697. The molecule has 0 bridgehead atoms. The lowest BCUT2D eigenvalue weighted by atomic mass is 10.1. The van der Waals surface area contributed by atoms with Crippen molar-refractivity contribution in [1.82, 2.24) is 15.5 Å². The normalized spacial score (nSPS) is 9.85. The van der Waals surface area contributed by atoms with Gasteiger partial charge in [-0.25, -0.2) is 0 Å². The van der Waals surface area contributed by atoms with E-state index in [0.717, 1.165) is 5.56 Å². The van der Waals surface area contributed by atoms with E-state index < -0.39 is 5.91 Å². The van der Waals surface area contributed by atoms with Crippen LogP contribution in [-0.2, 0) is 6.54 Å². The van der Waals surface area contributed by atoms with Crippen molar-refractivity contribution in [3.05, 3.63) is 57.3 Å². The molecule has 0 radical (unpaired) electrons. The Kier molecular flexibility index (Phi) is 4.51. The lowest BCUT2D eigenvalue weighted by Crippen LogP contribution is -2.23. The minimum absolute atomic E-state index is 0.0160. The largest absolute Gasteiger partial charge is 0.348 e. The maximum absolute atomic E-state index is 12.0. The number of hydrogen-bond donors (Lipinski definition) is 1. The maximum atomic E-state index is 12.0. The minimum atomic E-state index is -0.408. The number of carbonyl (C=O) groups excluding carboxylic acids is 1. The summed E-state index contributed by atoms with van der Waals surface area (Å²) in [7, 11) is 0. The van der Waals surface area contributed by atoms with Crippen molar-refractivity contribution in [2.24, 2.45) is 0 Å². The molecule has 0 fully saturated rings. The van der Waals surface area contributed by atoms with Crippen LogP contribution in [0.25, 0.3) is 0 Å². The number of nitrogens with one attached hydrogen (secondary N) is 1. The first kappa shape index (κ1) is 14.3. The van der Waals surface area contributed by atoms with E-state index in [9.17, 15) is 4.79 Å². The number of halogens is 2. The molecular formula is C13H8Cl2N4O. The first-order chi connectivity index (χ1) is 9.60. The van der Waals surface area contributed by atoms with Crippen LogP contribution in [0.4, 0.5) is 0 Å². The number of amides is 1. The van der Waals surface area contributed by atoms with Gasteiger partial charge in [-0.2, -0.15) is 5.26 Å². The monoisotopic (exact) mass is 306 g/mol. The zero-order valence-electron chi connectivity index (χ0n) is 10.1. The lowest BCUT2D eigenvalue weighted by molar-refractivity contribution is 0.0950. The molecule has 0 saturated carbocycles. The van der Waals surface area contributed by atoms with Crippen LogP contribution in [-0.4, -0.2) is 16.1 Å². The molecule has 1 amide bonds. The molecule has 0 saturated heterocycles. The van der Waals surface area contributed by atoms with Crippen molar-refractivity contribution in [2.75, 3.05) is 0 Å². The molecular weight excluding hydrogens is 299 g/mol. The smallest absolute Gasteiger partial charge is 0.254 e. The van der Waals surface area contributed by atoms with E-state index >= 15 is 0 Å². The summed E-state index contributed by atoms with van der Waals surface area (Å²) >= 11 is 11.5. The van der Waals surface area contributed by atoms with E-state index in [4.69, 9.17) is 28.5 Å². The molecule has 5 nitrogen and oxygen atoms in total. The summed E-state index contributed by atoms with van der Waals surface area (Å²) < 4.78 is 0. The first-order valence-electron chi connectivity index (χ1n) is 5.56. The first-order valence-corrected chi connectivity index (χ1v) is 6.31. The van der Waals surface area contributed by atoms with Crippen LogP contribution in [0.1, 0.15) is 21.5 Å². The molecule has 2 rings (SSSR count). The molecule has 0 spiro atoms. The van der Waals surface area contributed by atoms with Crippen LogP contribution >= 0.6 is 23.2 Å². The van der Waals surface area contributed by atoms with Crippen molar-refractivity contribution < 1.29 is 4.79 Å². The third-order valence-electron chi connectivity index (χ3n) is 2.47. The highest BCUT2D eigenvalue weighted by atomic mass is 35.5. The highest BCUT2D eigenvalue weighted by Crippen LogP contribution is 2.15. The lowest BCUT2D eigenvalue weighted by Gasteiger charge is -2.06. The molecule has 2 aromatic rings. The van der Waals surface area contributed by atoms with Gasteiger partial charge in [0.2, 0.25) is 0 Å². The Labute approximate surface area is 125 Å². The summed E-state index contributed by atoms with van der Waals surface area (Å²) in [6.45, 7) is 0.268. The average Bonchev–Trinajstić information content (AvgIpc) is 2.47. The molecule has 0 atom stereocenters. The van der Waals surface area contributed by atoms with E-state index in [2.05, 4.69) is 15.5 Å². The second-order valence-corrected chi connectivity index (χ2v) is 4.61. The van der Waals surface area contributed by atoms with E-state index in [1.54, 1.807) is 24.3 Å². The molecule has 7 heteroatoms. The summed E-state index contributed by atoms with van der Waals surface area (Å²) in [4.78, 5) is 12.0. The van der Waals surface area contributed by atoms with E-state index in [1.807, 2.05) is 6.07 Å². The van der Waals surface area contributed by atoms with Gasteiger partial charge in [-0.15, -0.1) is 10.2 Å². The fourth-order valence-electron chi connectivity index (χ4n) is 1.54. The van der Waals surface area contributed by atoms with E-state index in [1.165, 1.54) is 6.07 Å². The predicted octanol–water partition coefficient (Wildman–Crippen LogP) is 2.59. The average molecular weight is 307 g/mol. The zero-order chi connectivity index (χ0) is 14.5. The number of nitrogens with zero attached hydrogens (tertiary/aromatic N) is 3. The quantitative estimate of drug-likeness (QED) is 0.945. The number of nitriles is 1. The molecule has 0 aliphatic rings. The highest BCUT2D eigenvalue weighted by Gasteiger charge is 2.12. The topological polar surface area (TPSA) is 78.7 Å². The second-order valence-electron chi connectivity index (χ2n) is 3.87. The fourth-order valence-corrected chi connectivity index (χ4v) is 1.87. The Hall–Kier alpha value is -2.16. The van der Waals surface area contributed by atoms with Gasteiger partial charge in [0.1, 0.15) is 0 Å². The molecule has 1 N–H and O–H groups in total. The van der Waals surface area contributed by atoms with Gasteiger partial charge in [-0.3, -0.25) is 4.79 Å². The molecule has 0 aliphatic carbocycles. The standard InChI is InChI=1S/C13H8Cl2N4O/c14-11-5-10(12(15)19-18-11)13(20)17-7-9-3-1-2-8(4-9)6-16/h1-5H,7H2,(H,17,20). The molecule has 1 aromatic heterocycles. The predicted molar refractivity (Wildman–Crippen MR) is 74.4 cm³/mol. The van der Waals surface area contributed by atoms with Gasteiger partial charge >= 0.3 is 0 Å². The third-order valence-corrected chi connectivity index (χ3v) is 2.94. The van der Waals surface area contributed by atoms with Crippen LogP contribution in [0, 0.1) is 11.3 Å². The van der Waals surface area contributed by atoms with Gasteiger partial charge in [0.05, 0.1) is 17.2 Å². The molecule has 0 aliphatic heterocycles. The molecule has 1 heterocycles. The summed E-state index contributed by atoms with van der Waals surface area (Å²) in [5.74, 6) is -0.408. The minimum Gasteiger partial charge on any atom is -0.348 e. The highest BCUT2D eigenvalue weighted by molar-refractivity contribution is 6.34. The Morgan fingerprint density at radius 1 is 1.30 bits per heavy atom. The summed E-state index contributed by atoms with van der Waals surface area (Å²) in [6, 6.07) is 10.3. The van der Waals surface area contributed by atoms with Crippen molar-refractivity contribution in [3.8, 4) is 6.07 Å². The van der Waals surface area contributed by atoms with Crippen molar-refractivity contribution in [3.63, 3.8) is 0 Å². The van der Waals surface area contributed by atoms with Gasteiger partial charge in [-0.1, -0.05) is 35.3 Å². The Morgan fingerprint density at radius 2 is 2.10 bits per heavy atom. The second kappa shape index (κ2) is 6.33. The number of hydrogen-bond acceptors (Lipinski definition) is 4. The number of carbonyl (C=O) groups is 1. The summed E-state index contributed by atoms with van der Waals surface area (Å²) in [6.07, 6.45) is 0. The van der Waals surface area contributed by atoms with E-state index in [-0.39, 0.29) is 22.4 Å². The van der Waals surface area contributed by atoms with Crippen LogP contribution < -0.4 is 5.32 Å². The zero-order valence-corrected chi connectivity index (χ0v) is 11.6. The van der Waals surface area contributed by atoms with Crippen LogP contribution in [0.5, 0.6) is 0 Å². The van der Waals surface area contributed by atoms with Gasteiger partial charge < -0.3 is 5.32 Å². The van der Waals surface area contributed by atoms with Crippen LogP contribution in [0.2, 0.25) is 10.3 Å². The molecule has 100 valence electrons. The van der Waals surface area contributed by atoms with Crippen molar-refractivity contribution in [1.29, 1.82) is 5.26 Å². The maximum Gasteiger partial charge on any atom is 0.254 e. The Morgan fingerprint density at radius 3 is 2.85 bits per heavy atom. The van der Waals surface area contributed by atoms with Crippen LogP contribution in [0.3, 0.4) is 0 Å². The van der Waals surface area contributed by atoms with Gasteiger partial charge in [0.15, 0.2) is 10.3 Å². The number of rotatable bonds is 3. The van der Waals surface area contributed by atoms with Crippen molar-refractivity contribution in [2.45, 2.75) is 6.54 Å². The fraction of sp³-hybridized carbons (Fsp3) is 0.0769. The van der Waals surface area contributed by atoms with Crippen molar-refractivity contribution >= 4 is 29.1 Å². The summed E-state index contributed by atoms with van der Waals surface area (Å²) in [5.41, 5.74) is 1.49. The number of aromatic nitrogens is 2. The molecule has 0 unspecified atom stereocenters. The SMILES string of the molecule is N#Cc1cccc(CNC(=O)c2cc(Cl)nnc2Cl)c1. The van der Waals surface area contributed by atoms with Gasteiger partial charge in [-0.05, 0) is 23.8 Å².